The number of hydrogen-bond acceptors (Lipinski definition) is 5. The van der Waals surface area contributed by atoms with E-state index < -0.39 is 0 Å². The fourth-order valence-electron chi connectivity index (χ4n) is 3.21. The molecule has 0 aliphatic carbocycles. The van der Waals surface area contributed by atoms with E-state index in [2.05, 4.69) is 17.9 Å². The zero-order chi connectivity index (χ0) is 16.5. The second-order valence-corrected chi connectivity index (χ2v) is 6.03. The van der Waals surface area contributed by atoms with Crippen LogP contribution in [0.5, 0.6) is 11.5 Å². The molecular weight excluding hydrogens is 304 g/mol. The summed E-state index contributed by atoms with van der Waals surface area (Å²) in [6, 6.07) is 14.0. The molecule has 5 nitrogen and oxygen atoms in total. The van der Waals surface area contributed by atoms with Crippen molar-refractivity contribution in [2.45, 2.75) is 19.4 Å². The first-order valence-electron chi connectivity index (χ1n) is 8.06. The minimum absolute atomic E-state index is 0.163. The summed E-state index contributed by atoms with van der Waals surface area (Å²) in [6.07, 6.45) is 0.984. The molecule has 0 bridgehead atoms. The molecule has 0 amide bonds. The van der Waals surface area contributed by atoms with Crippen molar-refractivity contribution < 1.29 is 14.2 Å². The molecule has 0 saturated heterocycles. The zero-order valence-electron chi connectivity index (χ0n) is 13.5. The summed E-state index contributed by atoms with van der Waals surface area (Å²) in [6.45, 7) is 3.69. The first-order chi connectivity index (χ1) is 11.7. The van der Waals surface area contributed by atoms with Crippen molar-refractivity contribution in [2.24, 2.45) is 0 Å². The number of benzene rings is 2. The molecule has 2 aliphatic rings. The van der Waals surface area contributed by atoms with Crippen molar-refractivity contribution in [2.75, 3.05) is 24.8 Å². The van der Waals surface area contributed by atoms with Crippen LogP contribution in [0.25, 0.3) is 0 Å². The Morgan fingerprint density at radius 2 is 2.00 bits per heavy atom. The molecule has 2 heterocycles. The normalized spacial score (nSPS) is 19.2. The third kappa shape index (κ3) is 2.66. The van der Waals surface area contributed by atoms with E-state index in [4.69, 9.17) is 14.2 Å². The maximum Gasteiger partial charge on any atom is 0.231 e. The van der Waals surface area contributed by atoms with E-state index in [0.29, 0.717) is 18.7 Å². The fraction of sp³-hybridized carbons (Fsp3) is 0.316. The molecule has 2 aromatic carbocycles. The number of hydrogen-bond donors (Lipinski definition) is 0. The maximum atomic E-state index is 9.27. The topological polar surface area (TPSA) is 54.7 Å². The molecule has 0 fully saturated rings. The van der Waals surface area contributed by atoms with Crippen LogP contribution in [-0.2, 0) is 11.2 Å². The van der Waals surface area contributed by atoms with Crippen LogP contribution in [-0.4, -0.2) is 26.0 Å². The van der Waals surface area contributed by atoms with E-state index in [1.807, 2.05) is 36.4 Å². The second kappa shape index (κ2) is 6.06. The summed E-state index contributed by atoms with van der Waals surface area (Å²) in [5, 5.41) is 9.27. The predicted molar refractivity (Wildman–Crippen MR) is 89.8 cm³/mol. The van der Waals surface area contributed by atoms with Gasteiger partial charge in [0.05, 0.1) is 24.3 Å². The van der Waals surface area contributed by atoms with E-state index >= 15 is 0 Å². The third-order valence-electron chi connectivity index (χ3n) is 4.40. The van der Waals surface area contributed by atoms with Crippen molar-refractivity contribution in [3.05, 3.63) is 47.5 Å². The minimum atomic E-state index is 0.163. The molecule has 0 spiro atoms. The highest BCUT2D eigenvalue weighted by molar-refractivity contribution is 5.70. The van der Waals surface area contributed by atoms with Crippen molar-refractivity contribution >= 4 is 11.4 Å². The largest absolute Gasteiger partial charge is 0.454 e. The zero-order valence-corrected chi connectivity index (χ0v) is 13.5. The summed E-state index contributed by atoms with van der Waals surface area (Å²) in [7, 11) is 0. The van der Waals surface area contributed by atoms with E-state index in [1.54, 1.807) is 0 Å². The number of anilines is 2. The number of ether oxygens (including phenoxy) is 3. The maximum absolute atomic E-state index is 9.27. The van der Waals surface area contributed by atoms with E-state index in [-0.39, 0.29) is 12.9 Å². The van der Waals surface area contributed by atoms with Gasteiger partial charge in [-0.05, 0) is 36.8 Å². The highest BCUT2D eigenvalue weighted by atomic mass is 16.7. The Kier molecular flexibility index (Phi) is 3.75. The van der Waals surface area contributed by atoms with Gasteiger partial charge < -0.3 is 19.1 Å². The van der Waals surface area contributed by atoms with Crippen LogP contribution in [0.4, 0.5) is 11.4 Å². The Labute approximate surface area is 141 Å². The highest BCUT2D eigenvalue weighted by Gasteiger charge is 2.22. The SMILES string of the molecule is CC1Cc2ccc(C#N)cc2N(c2ccc3c(c2)OCO3)CCO1. The monoisotopic (exact) mass is 322 g/mol. The molecule has 2 aliphatic heterocycles. The van der Waals surface area contributed by atoms with Gasteiger partial charge in [-0.1, -0.05) is 6.07 Å². The Morgan fingerprint density at radius 3 is 2.88 bits per heavy atom. The molecule has 0 N–H and O–H groups in total. The number of fused-ring (bicyclic) bond motifs is 2. The minimum Gasteiger partial charge on any atom is -0.454 e. The average molecular weight is 322 g/mol. The molecule has 5 heteroatoms. The van der Waals surface area contributed by atoms with Crippen molar-refractivity contribution in [1.82, 2.24) is 0 Å². The van der Waals surface area contributed by atoms with Crippen LogP contribution in [0, 0.1) is 11.3 Å². The molecule has 24 heavy (non-hydrogen) atoms. The van der Waals surface area contributed by atoms with Crippen LogP contribution in [0.2, 0.25) is 0 Å². The van der Waals surface area contributed by atoms with E-state index in [9.17, 15) is 5.26 Å². The lowest BCUT2D eigenvalue weighted by atomic mass is 10.0. The van der Waals surface area contributed by atoms with Gasteiger partial charge in [-0.15, -0.1) is 0 Å². The summed E-state index contributed by atoms with van der Waals surface area (Å²) in [4.78, 5) is 2.18. The number of nitriles is 1. The standard InChI is InChI=1S/C19H18N2O3/c1-13-8-15-3-2-14(11-20)9-17(15)21(6-7-22-13)16-4-5-18-19(10-16)24-12-23-18/h2-5,9-10,13H,6-8,12H2,1H3. The molecule has 0 radical (unpaired) electrons. The lowest BCUT2D eigenvalue weighted by molar-refractivity contribution is 0.0703. The predicted octanol–water partition coefficient (Wildman–Crippen LogP) is 3.39. The van der Waals surface area contributed by atoms with E-state index in [0.717, 1.165) is 29.3 Å². The van der Waals surface area contributed by atoms with Crippen LogP contribution < -0.4 is 14.4 Å². The molecule has 1 atom stereocenters. The second-order valence-electron chi connectivity index (χ2n) is 6.03. The van der Waals surface area contributed by atoms with Crippen LogP contribution in [0.15, 0.2) is 36.4 Å². The van der Waals surface area contributed by atoms with Crippen LogP contribution in [0.3, 0.4) is 0 Å². The molecule has 0 saturated carbocycles. The van der Waals surface area contributed by atoms with Gasteiger partial charge in [0.25, 0.3) is 0 Å². The average Bonchev–Trinajstić information content (AvgIpc) is 3.05. The lowest BCUT2D eigenvalue weighted by Gasteiger charge is -2.31. The summed E-state index contributed by atoms with van der Waals surface area (Å²) in [5.74, 6) is 1.52. The Morgan fingerprint density at radius 1 is 1.12 bits per heavy atom. The van der Waals surface area contributed by atoms with Crippen LogP contribution >= 0.6 is 0 Å². The fourth-order valence-corrected chi connectivity index (χ4v) is 3.21. The molecule has 0 aromatic heterocycles. The third-order valence-corrected chi connectivity index (χ3v) is 4.40. The Hall–Kier alpha value is -2.71. The van der Waals surface area contributed by atoms with Gasteiger partial charge >= 0.3 is 0 Å². The molecule has 2 aromatic rings. The van der Waals surface area contributed by atoms with E-state index in [1.165, 1.54) is 5.56 Å². The highest BCUT2D eigenvalue weighted by Crippen LogP contribution is 2.39. The lowest BCUT2D eigenvalue weighted by Crippen LogP contribution is -2.29. The Balaban J connectivity index is 1.80. The van der Waals surface area contributed by atoms with Gasteiger partial charge in [-0.25, -0.2) is 0 Å². The molecule has 1 unspecified atom stereocenters. The number of rotatable bonds is 1. The Bertz CT molecular complexity index is 813. The first kappa shape index (κ1) is 14.9. The van der Waals surface area contributed by atoms with Gasteiger partial charge in [-0.2, -0.15) is 5.26 Å². The van der Waals surface area contributed by atoms with Crippen molar-refractivity contribution in [3.8, 4) is 17.6 Å². The summed E-state index contributed by atoms with van der Waals surface area (Å²) in [5.41, 5.74) is 3.91. The van der Waals surface area contributed by atoms with Crippen molar-refractivity contribution in [3.63, 3.8) is 0 Å². The van der Waals surface area contributed by atoms with Crippen LogP contribution in [0.1, 0.15) is 18.1 Å². The smallest absolute Gasteiger partial charge is 0.231 e. The van der Waals surface area contributed by atoms with Gasteiger partial charge in [0, 0.05) is 30.4 Å². The molecule has 4 rings (SSSR count). The number of nitrogens with zero attached hydrogens (tertiary/aromatic N) is 2. The van der Waals surface area contributed by atoms with Gasteiger partial charge in [0.15, 0.2) is 11.5 Å². The van der Waals surface area contributed by atoms with Gasteiger partial charge in [0.2, 0.25) is 6.79 Å². The van der Waals surface area contributed by atoms with Crippen molar-refractivity contribution in [1.29, 1.82) is 5.26 Å². The summed E-state index contributed by atoms with van der Waals surface area (Å²) >= 11 is 0. The summed E-state index contributed by atoms with van der Waals surface area (Å²) < 4.78 is 16.8. The quantitative estimate of drug-likeness (QED) is 0.805. The first-order valence-corrected chi connectivity index (χ1v) is 8.06. The van der Waals surface area contributed by atoms with Gasteiger partial charge in [-0.3, -0.25) is 0 Å². The van der Waals surface area contributed by atoms with Gasteiger partial charge in [0.1, 0.15) is 0 Å². The molecular formula is C19H18N2O3. The molecule has 122 valence electrons.